The number of nitrogens with zero attached hydrogens (tertiary/aromatic N) is 2. The van der Waals surface area contributed by atoms with Crippen molar-refractivity contribution in [1.29, 1.82) is 0 Å². The Hall–Kier alpha value is -5.62. The zero-order chi connectivity index (χ0) is 44.4. The van der Waals surface area contributed by atoms with Gasteiger partial charge in [-0.15, -0.1) is 22.7 Å². The molecule has 5 heteroatoms. The van der Waals surface area contributed by atoms with Crippen LogP contribution in [-0.2, 0) is 21.7 Å². The molecule has 2 aliphatic heterocycles. The summed E-state index contributed by atoms with van der Waals surface area (Å²) in [6, 6.07) is 52.3. The van der Waals surface area contributed by atoms with Crippen LogP contribution in [0.25, 0.3) is 52.5 Å². The lowest BCUT2D eigenvalue weighted by Crippen LogP contribution is -2.61. The van der Waals surface area contributed by atoms with Crippen molar-refractivity contribution in [2.45, 2.75) is 97.8 Å². The smallest absolute Gasteiger partial charge is 0.343 e. The summed E-state index contributed by atoms with van der Waals surface area (Å²) in [5.41, 5.74) is 19.9. The zero-order valence-corrected chi connectivity index (χ0v) is 40.6. The van der Waals surface area contributed by atoms with Crippen LogP contribution in [0.15, 0.2) is 133 Å². The summed E-state index contributed by atoms with van der Waals surface area (Å²) in [5, 5.41) is 4.00. The van der Waals surface area contributed by atoms with Gasteiger partial charge in [0.15, 0.2) is 0 Å². The summed E-state index contributed by atoms with van der Waals surface area (Å²) >= 11 is 3.91. The van der Waals surface area contributed by atoms with Gasteiger partial charge in [0, 0.05) is 68.8 Å². The van der Waals surface area contributed by atoms with Gasteiger partial charge in [0.05, 0.1) is 5.69 Å². The third-order valence-corrected chi connectivity index (χ3v) is 17.0. The molecule has 0 fully saturated rings. The Morgan fingerprint density at radius 2 is 1.09 bits per heavy atom. The van der Waals surface area contributed by atoms with Gasteiger partial charge in [0.1, 0.15) is 0 Å². The number of rotatable bonds is 2. The molecule has 0 saturated heterocycles. The van der Waals surface area contributed by atoms with E-state index in [0.29, 0.717) is 0 Å². The number of thiophene rings is 2. The average Bonchev–Trinajstić information content (AvgIpc) is 3.89. The molecule has 2 aromatic heterocycles. The first-order valence-electron chi connectivity index (χ1n) is 23.0. The van der Waals surface area contributed by atoms with Crippen molar-refractivity contribution in [2.24, 2.45) is 0 Å². The van der Waals surface area contributed by atoms with E-state index in [1.165, 1.54) is 119 Å². The molecular formula is C59H55BN2S2. The maximum atomic E-state index is 2.73. The van der Waals surface area contributed by atoms with Gasteiger partial charge in [0.25, 0.3) is 0 Å². The second-order valence-electron chi connectivity index (χ2n) is 22.2. The Morgan fingerprint density at radius 3 is 1.78 bits per heavy atom. The fraction of sp³-hybridized carbons (Fsp3) is 0.254. The Balaban J connectivity index is 1.27. The van der Waals surface area contributed by atoms with Crippen molar-refractivity contribution in [1.82, 2.24) is 0 Å². The van der Waals surface area contributed by atoms with E-state index in [-0.39, 0.29) is 28.5 Å². The highest BCUT2D eigenvalue weighted by atomic mass is 32.1. The van der Waals surface area contributed by atoms with Crippen LogP contribution >= 0.6 is 22.7 Å². The number of hydrogen-bond donors (Lipinski definition) is 0. The van der Waals surface area contributed by atoms with Crippen LogP contribution < -0.4 is 20.0 Å². The zero-order valence-electron chi connectivity index (χ0n) is 39.0. The highest BCUT2D eigenvalue weighted by Crippen LogP contribution is 2.59. The van der Waals surface area contributed by atoms with Gasteiger partial charge in [-0.05, 0) is 127 Å². The first-order chi connectivity index (χ1) is 30.4. The maximum absolute atomic E-state index is 2.73. The molecule has 64 heavy (non-hydrogen) atoms. The van der Waals surface area contributed by atoms with Gasteiger partial charge >= 0.3 is 6.85 Å². The van der Waals surface area contributed by atoms with E-state index >= 15 is 0 Å². The van der Waals surface area contributed by atoms with Crippen LogP contribution in [0.2, 0.25) is 0 Å². The molecule has 7 aromatic carbocycles. The molecule has 316 valence electrons. The summed E-state index contributed by atoms with van der Waals surface area (Å²) in [5.74, 6) is 0. The Morgan fingerprint density at radius 1 is 0.484 bits per heavy atom. The lowest BCUT2D eigenvalue weighted by Gasteiger charge is -2.46. The van der Waals surface area contributed by atoms with Gasteiger partial charge < -0.3 is 9.71 Å². The van der Waals surface area contributed by atoms with E-state index in [9.17, 15) is 0 Å². The second kappa shape index (κ2) is 13.2. The molecule has 3 aliphatic rings. The predicted molar refractivity (Wildman–Crippen MR) is 282 cm³/mol. The van der Waals surface area contributed by atoms with Gasteiger partial charge in [-0.25, -0.2) is 0 Å². The SMILES string of the molecule is CC(C)(C)c1ccc(N2B3c4sc5ccc(C(C)(C)C)cc5c4N(c4ccc(C(C)(C)C)cc4)c4cc5c(c(c43)-c3cc4c(cc32)sc2ccccc24)C(C)(C)c2ccccc2-5)cc1. The Labute approximate surface area is 387 Å². The third kappa shape index (κ3) is 5.62. The minimum Gasteiger partial charge on any atom is -0.376 e. The first-order valence-corrected chi connectivity index (χ1v) is 24.7. The fourth-order valence-electron chi connectivity index (χ4n) is 11.3. The topological polar surface area (TPSA) is 6.48 Å². The van der Waals surface area contributed by atoms with Gasteiger partial charge in [-0.1, -0.05) is 149 Å². The van der Waals surface area contributed by atoms with E-state index in [0.717, 1.165) is 0 Å². The maximum Gasteiger partial charge on any atom is 0.343 e. The summed E-state index contributed by atoms with van der Waals surface area (Å²) < 4.78 is 5.39. The molecule has 0 amide bonds. The molecule has 1 aliphatic carbocycles. The van der Waals surface area contributed by atoms with Gasteiger partial charge in [-0.2, -0.15) is 0 Å². The minimum absolute atomic E-state index is 0.00169. The van der Waals surface area contributed by atoms with Gasteiger partial charge in [0.2, 0.25) is 0 Å². The molecule has 0 saturated carbocycles. The van der Waals surface area contributed by atoms with Crippen molar-refractivity contribution in [3.05, 3.63) is 161 Å². The normalized spacial score (nSPS) is 15.1. The van der Waals surface area contributed by atoms with Crippen molar-refractivity contribution < 1.29 is 0 Å². The fourth-order valence-corrected chi connectivity index (χ4v) is 13.6. The Bertz CT molecular complexity index is 3420. The van der Waals surface area contributed by atoms with Crippen molar-refractivity contribution in [3.63, 3.8) is 0 Å². The number of hydrogen-bond acceptors (Lipinski definition) is 4. The molecule has 4 heterocycles. The molecule has 0 bridgehead atoms. The van der Waals surface area contributed by atoms with Gasteiger partial charge in [-0.3, -0.25) is 0 Å². The summed E-state index contributed by atoms with van der Waals surface area (Å²) in [7, 11) is 0. The van der Waals surface area contributed by atoms with Crippen LogP contribution in [0.1, 0.15) is 104 Å². The van der Waals surface area contributed by atoms with Crippen LogP contribution in [0.5, 0.6) is 0 Å². The number of fused-ring (bicyclic) bond motifs is 13. The quantitative estimate of drug-likeness (QED) is 0.160. The molecule has 12 rings (SSSR count). The lowest BCUT2D eigenvalue weighted by molar-refractivity contribution is 0.590. The van der Waals surface area contributed by atoms with Crippen molar-refractivity contribution in [3.8, 4) is 22.3 Å². The standard InChI is InChI=1S/C59H55BN2S2/c1-56(2,3)34-20-25-37(26-21-34)61-47-32-42-39-16-12-14-18-45(39)59(10,11)52(42)51-43-31-41-40-17-13-15-19-48(40)63-50(41)33-46(43)62(38-27-22-35(23-28-38)57(4,5)6)60(53(47)51)55-54(61)44-30-36(58(7,8)9)24-29-49(44)64-55/h12-33H,1-11H3. The molecule has 0 radical (unpaired) electrons. The van der Waals surface area contributed by atoms with E-state index in [1.54, 1.807) is 0 Å². The van der Waals surface area contributed by atoms with E-state index in [4.69, 9.17) is 0 Å². The molecule has 2 nitrogen and oxygen atoms in total. The van der Waals surface area contributed by atoms with E-state index in [1.807, 2.05) is 22.7 Å². The molecule has 9 aromatic rings. The molecule has 0 N–H and O–H groups in total. The number of benzene rings is 7. The molecule has 0 unspecified atom stereocenters. The molecule has 0 atom stereocenters. The highest BCUT2D eigenvalue weighted by molar-refractivity contribution is 7.32. The molecular weight excluding hydrogens is 812 g/mol. The van der Waals surface area contributed by atoms with Crippen molar-refractivity contribution >= 4 is 98.5 Å². The van der Waals surface area contributed by atoms with Crippen LogP contribution in [0.3, 0.4) is 0 Å². The monoisotopic (exact) mass is 866 g/mol. The van der Waals surface area contributed by atoms with Crippen LogP contribution in [0.4, 0.5) is 28.4 Å². The van der Waals surface area contributed by atoms with Crippen LogP contribution in [-0.4, -0.2) is 6.85 Å². The minimum atomic E-state index is -0.221. The largest absolute Gasteiger partial charge is 0.376 e. The first kappa shape index (κ1) is 39.9. The second-order valence-corrected chi connectivity index (χ2v) is 24.4. The number of anilines is 5. The van der Waals surface area contributed by atoms with E-state index in [2.05, 4.69) is 219 Å². The average molecular weight is 867 g/mol. The summed E-state index contributed by atoms with van der Waals surface area (Å²) in [6.45, 7) is 25.8. The molecule has 0 spiro atoms. The third-order valence-electron chi connectivity index (χ3n) is 14.7. The predicted octanol–water partition coefficient (Wildman–Crippen LogP) is 16.2. The Kier molecular flexibility index (Phi) is 8.26. The lowest BCUT2D eigenvalue weighted by atomic mass is 9.45. The van der Waals surface area contributed by atoms with Crippen molar-refractivity contribution in [2.75, 3.05) is 9.71 Å². The van der Waals surface area contributed by atoms with E-state index < -0.39 is 0 Å². The summed E-state index contributed by atoms with van der Waals surface area (Å²) in [4.78, 5) is 5.40. The summed E-state index contributed by atoms with van der Waals surface area (Å²) in [6.07, 6.45) is 0. The van der Waals surface area contributed by atoms with Crippen LogP contribution in [0, 0.1) is 0 Å². The highest BCUT2D eigenvalue weighted by Gasteiger charge is 2.51.